The van der Waals surface area contributed by atoms with Crippen LogP contribution in [0.1, 0.15) is 30.3 Å². The first-order chi connectivity index (χ1) is 7.46. The van der Waals surface area contributed by atoms with E-state index in [1.165, 1.54) is 0 Å². The summed E-state index contributed by atoms with van der Waals surface area (Å²) in [7, 11) is -3.09. The van der Waals surface area contributed by atoms with Crippen molar-refractivity contribution >= 4 is 10.0 Å². The van der Waals surface area contributed by atoms with Gasteiger partial charge in [-0.15, -0.1) is 0 Å². The lowest BCUT2D eigenvalue weighted by Gasteiger charge is -2.05. The van der Waals surface area contributed by atoms with E-state index in [0.717, 1.165) is 17.0 Å². The molecule has 0 saturated heterocycles. The lowest BCUT2D eigenvalue weighted by Crippen LogP contribution is -2.28. The quantitative estimate of drug-likeness (QED) is 0.782. The molecule has 1 heterocycles. The lowest BCUT2D eigenvalue weighted by molar-refractivity contribution is 0.580. The first kappa shape index (κ1) is 13.2. The third-order valence-corrected chi connectivity index (χ3v) is 4.04. The molecule has 0 bridgehead atoms. The maximum Gasteiger partial charge on any atom is 0.211 e. The van der Waals surface area contributed by atoms with Crippen LogP contribution in [0, 0.1) is 13.8 Å². The number of nitrogens with one attached hydrogen (secondary N) is 2. The Morgan fingerprint density at radius 3 is 2.56 bits per heavy atom. The number of rotatable bonds is 6. The Balaban J connectivity index is 2.48. The van der Waals surface area contributed by atoms with E-state index in [1.54, 1.807) is 0 Å². The SMILES string of the molecule is CCCS(=O)(=O)NCCc1c(C)n[nH]c1C. The molecule has 5 nitrogen and oxygen atoms in total. The molecule has 92 valence electrons. The van der Waals surface area contributed by atoms with Crippen LogP contribution in [0.2, 0.25) is 0 Å². The molecule has 0 radical (unpaired) electrons. The Kier molecular flexibility index (Phi) is 4.49. The molecule has 0 aromatic carbocycles. The number of aromatic amines is 1. The summed E-state index contributed by atoms with van der Waals surface area (Å²) < 4.78 is 25.4. The van der Waals surface area contributed by atoms with E-state index < -0.39 is 10.0 Å². The Morgan fingerprint density at radius 2 is 2.06 bits per heavy atom. The Labute approximate surface area is 96.7 Å². The zero-order valence-electron chi connectivity index (χ0n) is 10.0. The highest BCUT2D eigenvalue weighted by Gasteiger charge is 2.10. The van der Waals surface area contributed by atoms with Crippen LogP contribution in [-0.4, -0.2) is 30.9 Å². The van der Waals surface area contributed by atoms with Crippen molar-refractivity contribution in [3.05, 3.63) is 17.0 Å². The molecule has 6 heteroatoms. The normalized spacial score (nSPS) is 11.9. The van der Waals surface area contributed by atoms with Gasteiger partial charge in [0.2, 0.25) is 10.0 Å². The van der Waals surface area contributed by atoms with Crippen LogP contribution in [0.15, 0.2) is 0 Å². The fourth-order valence-corrected chi connectivity index (χ4v) is 2.71. The van der Waals surface area contributed by atoms with Crippen LogP contribution >= 0.6 is 0 Å². The second-order valence-electron chi connectivity index (χ2n) is 3.88. The number of hydrogen-bond donors (Lipinski definition) is 2. The molecule has 1 rings (SSSR count). The predicted octanol–water partition coefficient (Wildman–Crippen LogP) is 0.898. The minimum Gasteiger partial charge on any atom is -0.282 e. The Morgan fingerprint density at radius 1 is 1.38 bits per heavy atom. The van der Waals surface area contributed by atoms with E-state index in [1.807, 2.05) is 20.8 Å². The van der Waals surface area contributed by atoms with Crippen LogP contribution in [0.25, 0.3) is 0 Å². The monoisotopic (exact) mass is 245 g/mol. The van der Waals surface area contributed by atoms with E-state index in [2.05, 4.69) is 14.9 Å². The fourth-order valence-electron chi connectivity index (χ4n) is 1.61. The average molecular weight is 245 g/mol. The summed E-state index contributed by atoms with van der Waals surface area (Å²) in [6.07, 6.45) is 1.32. The molecule has 1 aromatic heterocycles. The van der Waals surface area contributed by atoms with Gasteiger partial charge in [0, 0.05) is 12.2 Å². The molecule has 16 heavy (non-hydrogen) atoms. The smallest absolute Gasteiger partial charge is 0.211 e. The van der Waals surface area contributed by atoms with Gasteiger partial charge in [0.15, 0.2) is 0 Å². The minimum atomic E-state index is -3.09. The molecule has 0 aliphatic carbocycles. The highest BCUT2D eigenvalue weighted by atomic mass is 32.2. The van der Waals surface area contributed by atoms with Crippen LogP contribution in [0.5, 0.6) is 0 Å². The minimum absolute atomic E-state index is 0.191. The van der Waals surface area contributed by atoms with Crippen LogP contribution < -0.4 is 4.72 Å². The predicted molar refractivity (Wildman–Crippen MR) is 63.8 cm³/mol. The Hall–Kier alpha value is -0.880. The molecule has 0 unspecified atom stereocenters. The topological polar surface area (TPSA) is 74.8 Å². The van der Waals surface area contributed by atoms with Gasteiger partial charge >= 0.3 is 0 Å². The number of hydrogen-bond acceptors (Lipinski definition) is 3. The van der Waals surface area contributed by atoms with Crippen molar-refractivity contribution in [2.75, 3.05) is 12.3 Å². The molecule has 0 atom stereocenters. The van der Waals surface area contributed by atoms with Gasteiger partial charge in [0.25, 0.3) is 0 Å². The van der Waals surface area contributed by atoms with Crippen molar-refractivity contribution in [1.29, 1.82) is 0 Å². The second-order valence-corrected chi connectivity index (χ2v) is 5.80. The first-order valence-electron chi connectivity index (χ1n) is 5.44. The van der Waals surface area contributed by atoms with Crippen LogP contribution in [0.4, 0.5) is 0 Å². The lowest BCUT2D eigenvalue weighted by atomic mass is 10.1. The zero-order chi connectivity index (χ0) is 12.2. The largest absolute Gasteiger partial charge is 0.282 e. The molecular weight excluding hydrogens is 226 g/mol. The molecule has 0 spiro atoms. The molecule has 0 amide bonds. The fraction of sp³-hybridized carbons (Fsp3) is 0.700. The van der Waals surface area contributed by atoms with Gasteiger partial charge in [-0.3, -0.25) is 5.10 Å². The molecule has 0 saturated carbocycles. The van der Waals surface area contributed by atoms with Gasteiger partial charge in [-0.25, -0.2) is 13.1 Å². The molecule has 2 N–H and O–H groups in total. The number of nitrogens with zero attached hydrogens (tertiary/aromatic N) is 1. The van der Waals surface area contributed by atoms with E-state index >= 15 is 0 Å². The molecular formula is C10H19N3O2S. The van der Waals surface area contributed by atoms with Gasteiger partial charge in [0.1, 0.15) is 0 Å². The molecule has 0 aliphatic rings. The zero-order valence-corrected chi connectivity index (χ0v) is 10.8. The van der Waals surface area contributed by atoms with Crippen molar-refractivity contribution in [2.45, 2.75) is 33.6 Å². The van der Waals surface area contributed by atoms with Gasteiger partial charge in [-0.1, -0.05) is 6.92 Å². The molecule has 1 aromatic rings. The summed E-state index contributed by atoms with van der Waals surface area (Å²) in [4.78, 5) is 0. The van der Waals surface area contributed by atoms with E-state index in [0.29, 0.717) is 19.4 Å². The van der Waals surface area contributed by atoms with E-state index in [9.17, 15) is 8.42 Å². The summed E-state index contributed by atoms with van der Waals surface area (Å²) in [6, 6.07) is 0. The number of aryl methyl sites for hydroxylation is 2. The third kappa shape index (κ3) is 3.61. The summed E-state index contributed by atoms with van der Waals surface area (Å²) in [5, 5.41) is 6.95. The van der Waals surface area contributed by atoms with Crippen LogP contribution in [-0.2, 0) is 16.4 Å². The van der Waals surface area contributed by atoms with Crippen molar-refractivity contribution in [3.63, 3.8) is 0 Å². The number of aromatic nitrogens is 2. The number of H-pyrrole nitrogens is 1. The summed E-state index contributed by atoms with van der Waals surface area (Å²) in [5.74, 6) is 0.191. The maximum absolute atomic E-state index is 11.4. The summed E-state index contributed by atoms with van der Waals surface area (Å²) in [5.41, 5.74) is 3.04. The first-order valence-corrected chi connectivity index (χ1v) is 7.09. The highest BCUT2D eigenvalue weighted by molar-refractivity contribution is 7.89. The maximum atomic E-state index is 11.4. The standard InChI is InChI=1S/C10H19N3O2S/c1-4-7-16(14,15)11-6-5-10-8(2)12-13-9(10)3/h11H,4-7H2,1-3H3,(H,12,13). The Bertz CT molecular complexity index is 417. The van der Waals surface area contributed by atoms with Gasteiger partial charge in [-0.2, -0.15) is 5.10 Å². The number of sulfonamides is 1. The summed E-state index contributed by atoms with van der Waals surface area (Å²) in [6.45, 7) is 6.14. The van der Waals surface area contributed by atoms with Crippen molar-refractivity contribution in [2.24, 2.45) is 0 Å². The van der Waals surface area contributed by atoms with Gasteiger partial charge in [-0.05, 0) is 32.3 Å². The molecule has 0 fully saturated rings. The van der Waals surface area contributed by atoms with E-state index in [-0.39, 0.29) is 5.75 Å². The summed E-state index contributed by atoms with van der Waals surface area (Å²) >= 11 is 0. The average Bonchev–Trinajstić information content (AvgIpc) is 2.48. The van der Waals surface area contributed by atoms with Crippen LogP contribution in [0.3, 0.4) is 0 Å². The van der Waals surface area contributed by atoms with Gasteiger partial charge in [0.05, 0.1) is 11.4 Å². The van der Waals surface area contributed by atoms with E-state index in [4.69, 9.17) is 0 Å². The van der Waals surface area contributed by atoms with Gasteiger partial charge < -0.3 is 0 Å². The highest BCUT2D eigenvalue weighted by Crippen LogP contribution is 2.09. The molecule has 0 aliphatic heterocycles. The third-order valence-electron chi connectivity index (χ3n) is 2.45. The second kappa shape index (κ2) is 5.45. The van der Waals surface area contributed by atoms with Crippen molar-refractivity contribution in [1.82, 2.24) is 14.9 Å². The van der Waals surface area contributed by atoms with Crippen molar-refractivity contribution in [3.8, 4) is 0 Å². The van der Waals surface area contributed by atoms with Crippen molar-refractivity contribution < 1.29 is 8.42 Å².